The molecule has 0 unspecified atom stereocenters. The van der Waals surface area contributed by atoms with Crippen molar-refractivity contribution in [1.82, 2.24) is 29.2 Å². The highest BCUT2D eigenvalue weighted by molar-refractivity contribution is 5.78. The summed E-state index contributed by atoms with van der Waals surface area (Å²) in [7, 11) is 1.79. The molecule has 1 N–H and O–H groups in total. The molecule has 3 aromatic heterocycles. The molecule has 1 amide bonds. The van der Waals surface area contributed by atoms with Crippen LogP contribution in [-0.4, -0.2) is 54.4 Å². The van der Waals surface area contributed by atoms with Gasteiger partial charge in [-0.15, -0.1) is 0 Å². The lowest BCUT2D eigenvalue weighted by atomic mass is 9.86. The molecule has 1 fully saturated rings. The van der Waals surface area contributed by atoms with Gasteiger partial charge in [-0.05, 0) is 12.1 Å². The van der Waals surface area contributed by atoms with E-state index in [-0.39, 0.29) is 19.5 Å². The Bertz CT molecular complexity index is 1170. The number of hydrogen-bond donors (Lipinski definition) is 1. The lowest BCUT2D eigenvalue weighted by molar-refractivity contribution is -0.169. The molecule has 0 aromatic carbocycles. The van der Waals surface area contributed by atoms with E-state index in [2.05, 4.69) is 26.5 Å². The van der Waals surface area contributed by atoms with Crippen molar-refractivity contribution >= 4 is 17.5 Å². The fourth-order valence-electron chi connectivity index (χ4n) is 3.68. The first kappa shape index (κ1) is 21.4. The van der Waals surface area contributed by atoms with Crippen LogP contribution in [-0.2, 0) is 17.4 Å². The maximum absolute atomic E-state index is 12.5. The first-order chi connectivity index (χ1) is 15.2. The monoisotopic (exact) mass is 444 g/mol. The molecule has 0 aliphatic carbocycles. The SMILES string of the molecule is Cn1cc(Nc2nccc(-c3ccn(C4(CC#N)CN(C(=O)CC(F)(F)F)C4)c3)n2)cn1. The molecule has 0 saturated carbocycles. The molecule has 0 radical (unpaired) electrons. The highest BCUT2D eigenvalue weighted by atomic mass is 19.4. The molecule has 0 bridgehead atoms. The van der Waals surface area contributed by atoms with Crippen molar-refractivity contribution in [3.8, 4) is 17.3 Å². The smallest absolute Gasteiger partial charge is 0.343 e. The van der Waals surface area contributed by atoms with Crippen molar-refractivity contribution in [2.24, 2.45) is 7.05 Å². The third kappa shape index (κ3) is 4.41. The van der Waals surface area contributed by atoms with Crippen LogP contribution in [0.2, 0.25) is 0 Å². The molecular formula is C20H19F3N8O. The van der Waals surface area contributed by atoms with Gasteiger partial charge in [-0.25, -0.2) is 9.97 Å². The molecular weight excluding hydrogens is 425 g/mol. The molecule has 1 aliphatic heterocycles. The van der Waals surface area contributed by atoms with Gasteiger partial charge in [0.2, 0.25) is 11.9 Å². The van der Waals surface area contributed by atoms with Crippen LogP contribution in [0.4, 0.5) is 24.8 Å². The second-order valence-electron chi connectivity index (χ2n) is 7.70. The number of carbonyl (C=O) groups is 1. The van der Waals surface area contributed by atoms with Gasteiger partial charge in [-0.2, -0.15) is 23.5 Å². The largest absolute Gasteiger partial charge is 0.397 e. The summed E-state index contributed by atoms with van der Waals surface area (Å²) >= 11 is 0. The number of rotatable bonds is 6. The molecule has 0 atom stereocenters. The Morgan fingerprint density at radius 3 is 2.75 bits per heavy atom. The maximum Gasteiger partial charge on any atom is 0.397 e. The van der Waals surface area contributed by atoms with E-state index >= 15 is 0 Å². The van der Waals surface area contributed by atoms with Crippen molar-refractivity contribution in [3.63, 3.8) is 0 Å². The summed E-state index contributed by atoms with van der Waals surface area (Å²) in [5.74, 6) is -0.608. The molecule has 0 spiro atoms. The van der Waals surface area contributed by atoms with E-state index in [9.17, 15) is 23.2 Å². The first-order valence-electron chi connectivity index (χ1n) is 9.66. The fraction of sp³-hybridized carbons (Fsp3) is 0.350. The van der Waals surface area contributed by atoms with Crippen LogP contribution in [0.1, 0.15) is 12.8 Å². The minimum absolute atomic E-state index is 0.0428. The van der Waals surface area contributed by atoms with Crippen molar-refractivity contribution in [2.45, 2.75) is 24.6 Å². The zero-order valence-corrected chi connectivity index (χ0v) is 17.0. The van der Waals surface area contributed by atoms with E-state index in [1.54, 1.807) is 59.4 Å². The van der Waals surface area contributed by atoms with Crippen molar-refractivity contribution < 1.29 is 18.0 Å². The van der Waals surface area contributed by atoms with Gasteiger partial charge in [0.1, 0.15) is 6.42 Å². The van der Waals surface area contributed by atoms with Gasteiger partial charge in [0.05, 0.1) is 35.6 Å². The number of hydrogen-bond acceptors (Lipinski definition) is 6. The number of amides is 1. The average Bonchev–Trinajstić information content (AvgIpc) is 3.33. The van der Waals surface area contributed by atoms with Gasteiger partial charge < -0.3 is 14.8 Å². The second-order valence-corrected chi connectivity index (χ2v) is 7.70. The molecule has 166 valence electrons. The van der Waals surface area contributed by atoms with Crippen molar-refractivity contribution in [3.05, 3.63) is 43.1 Å². The summed E-state index contributed by atoms with van der Waals surface area (Å²) in [5.41, 5.74) is 1.34. The van der Waals surface area contributed by atoms with Crippen LogP contribution >= 0.6 is 0 Å². The third-order valence-corrected chi connectivity index (χ3v) is 5.24. The molecule has 1 saturated heterocycles. The van der Waals surface area contributed by atoms with E-state index in [0.717, 1.165) is 16.2 Å². The van der Waals surface area contributed by atoms with Crippen molar-refractivity contribution in [1.29, 1.82) is 5.26 Å². The lowest BCUT2D eigenvalue weighted by Gasteiger charge is -2.50. The summed E-state index contributed by atoms with van der Waals surface area (Å²) in [6.07, 6.45) is 2.55. The predicted molar refractivity (Wildman–Crippen MR) is 107 cm³/mol. The van der Waals surface area contributed by atoms with Crippen LogP contribution in [0.15, 0.2) is 43.1 Å². The third-order valence-electron chi connectivity index (χ3n) is 5.24. The van der Waals surface area contributed by atoms with E-state index in [1.807, 2.05) is 0 Å². The second kappa shape index (κ2) is 7.99. The van der Waals surface area contributed by atoms with Gasteiger partial charge in [0.15, 0.2) is 0 Å². The predicted octanol–water partition coefficient (Wildman–Crippen LogP) is 2.83. The Kier molecular flexibility index (Phi) is 5.33. The molecule has 1 aliphatic rings. The molecule has 4 rings (SSSR count). The van der Waals surface area contributed by atoms with Gasteiger partial charge in [-0.1, -0.05) is 0 Å². The van der Waals surface area contributed by atoms with Crippen molar-refractivity contribution in [2.75, 3.05) is 18.4 Å². The number of aromatic nitrogens is 5. The number of anilines is 2. The Balaban J connectivity index is 1.51. The number of aryl methyl sites for hydroxylation is 1. The Morgan fingerprint density at radius 2 is 2.09 bits per heavy atom. The Hall–Kier alpha value is -3.88. The van der Waals surface area contributed by atoms with Gasteiger partial charge >= 0.3 is 6.18 Å². The summed E-state index contributed by atoms with van der Waals surface area (Å²) in [5, 5.41) is 16.4. The van der Waals surface area contributed by atoms with Gasteiger partial charge in [0.25, 0.3) is 0 Å². The van der Waals surface area contributed by atoms with Crippen LogP contribution < -0.4 is 5.32 Å². The lowest BCUT2D eigenvalue weighted by Crippen LogP contribution is -2.64. The highest BCUT2D eigenvalue weighted by Gasteiger charge is 2.48. The number of nitrogens with one attached hydrogen (secondary N) is 1. The number of carbonyl (C=O) groups excluding carboxylic acids is 1. The number of nitriles is 1. The first-order valence-corrected chi connectivity index (χ1v) is 9.66. The minimum Gasteiger partial charge on any atom is -0.343 e. The fourth-order valence-corrected chi connectivity index (χ4v) is 3.68. The molecule has 4 heterocycles. The van der Waals surface area contributed by atoms with E-state index in [0.29, 0.717) is 11.6 Å². The van der Waals surface area contributed by atoms with Gasteiger partial charge in [0, 0.05) is 50.5 Å². The van der Waals surface area contributed by atoms with Gasteiger partial charge in [-0.3, -0.25) is 9.48 Å². The zero-order chi connectivity index (χ0) is 22.9. The maximum atomic E-state index is 12.5. The molecule has 3 aromatic rings. The standard InChI is InChI=1S/C20H19F3N8O/c1-29-11-15(9-26-29)27-18-25-6-2-16(28-18)14-3-7-31(10-14)19(4-5-24)12-30(13-19)17(32)8-20(21,22)23/h2-3,6-7,9-11H,4,8,12-13H2,1H3,(H,25,27,28). The Labute approximate surface area is 181 Å². The van der Waals surface area contributed by atoms with E-state index in [4.69, 9.17) is 0 Å². The van der Waals surface area contributed by atoms with Crippen LogP contribution in [0.5, 0.6) is 0 Å². The number of halogens is 3. The van der Waals surface area contributed by atoms with Crippen LogP contribution in [0, 0.1) is 11.3 Å². The zero-order valence-electron chi connectivity index (χ0n) is 17.0. The van der Waals surface area contributed by atoms with Crippen LogP contribution in [0.25, 0.3) is 11.3 Å². The minimum atomic E-state index is -4.56. The summed E-state index contributed by atoms with van der Waals surface area (Å²) < 4.78 is 41.0. The molecule has 32 heavy (non-hydrogen) atoms. The molecule has 9 nitrogen and oxygen atoms in total. The Morgan fingerprint density at radius 1 is 1.31 bits per heavy atom. The number of nitrogens with zero attached hydrogens (tertiary/aromatic N) is 7. The summed E-state index contributed by atoms with van der Waals surface area (Å²) in [6.45, 7) is 0.0857. The quantitative estimate of drug-likeness (QED) is 0.627. The molecule has 12 heteroatoms. The normalized spacial score (nSPS) is 15.2. The topological polar surface area (TPSA) is 105 Å². The average molecular weight is 444 g/mol. The summed E-state index contributed by atoms with van der Waals surface area (Å²) in [4.78, 5) is 21.7. The number of likely N-dealkylation sites (tertiary alicyclic amines) is 1. The number of alkyl halides is 3. The summed E-state index contributed by atoms with van der Waals surface area (Å²) in [6, 6.07) is 5.61. The highest BCUT2D eigenvalue weighted by Crippen LogP contribution is 2.36. The van der Waals surface area contributed by atoms with Crippen LogP contribution in [0.3, 0.4) is 0 Å². The van der Waals surface area contributed by atoms with E-state index in [1.165, 1.54) is 0 Å². The van der Waals surface area contributed by atoms with E-state index < -0.39 is 24.0 Å².